The third-order valence-electron chi connectivity index (χ3n) is 3.54. The fourth-order valence-corrected chi connectivity index (χ4v) is 2.15. The van der Waals surface area contributed by atoms with Crippen molar-refractivity contribution in [3.63, 3.8) is 0 Å². The van der Waals surface area contributed by atoms with Gasteiger partial charge in [-0.1, -0.05) is 37.3 Å². The van der Waals surface area contributed by atoms with Gasteiger partial charge in [0.1, 0.15) is 0 Å². The Morgan fingerprint density at radius 3 is 2.26 bits per heavy atom. The first-order chi connectivity index (χ1) is 9.10. The summed E-state index contributed by atoms with van der Waals surface area (Å²) >= 11 is 0. The first-order valence-electron chi connectivity index (χ1n) is 7.17. The Bertz CT molecular complexity index is 374. The Kier molecular flexibility index (Phi) is 6.57. The van der Waals surface area contributed by atoms with Gasteiger partial charge < -0.3 is 10.2 Å². The van der Waals surface area contributed by atoms with E-state index in [9.17, 15) is 4.79 Å². The number of benzene rings is 1. The smallest absolute Gasteiger partial charge is 0.239 e. The van der Waals surface area contributed by atoms with Gasteiger partial charge >= 0.3 is 0 Å². The number of rotatable bonds is 7. The maximum absolute atomic E-state index is 12.1. The minimum absolute atomic E-state index is 0.119. The standard InChI is InChI=1S/C16H26N2O/c1-5-18(6-2)16(19)14(4)17-12-13(3)15-10-8-7-9-11-15/h7-11,13-14,17H,5-6,12H2,1-4H3. The summed E-state index contributed by atoms with van der Waals surface area (Å²) in [4.78, 5) is 14.0. The van der Waals surface area contributed by atoms with Gasteiger partial charge in [-0.3, -0.25) is 4.79 Å². The van der Waals surface area contributed by atoms with Crippen molar-refractivity contribution in [1.29, 1.82) is 0 Å². The summed E-state index contributed by atoms with van der Waals surface area (Å²) in [6.45, 7) is 10.5. The Labute approximate surface area is 117 Å². The molecule has 106 valence electrons. The summed E-state index contributed by atoms with van der Waals surface area (Å²) in [5, 5.41) is 3.34. The van der Waals surface area contributed by atoms with E-state index in [2.05, 4.69) is 36.5 Å². The van der Waals surface area contributed by atoms with Crippen LogP contribution < -0.4 is 5.32 Å². The van der Waals surface area contributed by atoms with E-state index >= 15 is 0 Å². The molecule has 0 heterocycles. The van der Waals surface area contributed by atoms with E-state index < -0.39 is 0 Å². The fourth-order valence-electron chi connectivity index (χ4n) is 2.15. The molecule has 19 heavy (non-hydrogen) atoms. The fraction of sp³-hybridized carbons (Fsp3) is 0.562. The van der Waals surface area contributed by atoms with Gasteiger partial charge in [0, 0.05) is 19.6 Å². The van der Waals surface area contributed by atoms with E-state index in [1.54, 1.807) is 0 Å². The molecule has 0 aromatic heterocycles. The maximum atomic E-state index is 12.1. The molecule has 1 aromatic carbocycles. The van der Waals surface area contributed by atoms with Crippen LogP contribution in [0, 0.1) is 0 Å². The number of carbonyl (C=O) groups excluding carboxylic acids is 1. The van der Waals surface area contributed by atoms with Gasteiger partial charge in [-0.15, -0.1) is 0 Å². The van der Waals surface area contributed by atoms with E-state index in [0.29, 0.717) is 5.92 Å². The lowest BCUT2D eigenvalue weighted by molar-refractivity contribution is -0.132. The SMILES string of the molecule is CCN(CC)C(=O)C(C)NCC(C)c1ccccc1. The highest BCUT2D eigenvalue weighted by molar-refractivity contribution is 5.81. The quantitative estimate of drug-likeness (QED) is 0.819. The molecule has 2 atom stereocenters. The molecule has 0 aliphatic carbocycles. The van der Waals surface area contributed by atoms with Crippen LogP contribution in [0.5, 0.6) is 0 Å². The van der Waals surface area contributed by atoms with Crippen LogP contribution >= 0.6 is 0 Å². The second-order valence-electron chi connectivity index (χ2n) is 4.95. The minimum atomic E-state index is -0.119. The van der Waals surface area contributed by atoms with Gasteiger partial charge in [-0.05, 0) is 32.3 Å². The van der Waals surface area contributed by atoms with Crippen LogP contribution in [-0.4, -0.2) is 36.5 Å². The number of hydrogen-bond acceptors (Lipinski definition) is 2. The molecule has 2 unspecified atom stereocenters. The highest BCUT2D eigenvalue weighted by Crippen LogP contribution is 2.13. The van der Waals surface area contributed by atoms with Crippen LogP contribution in [0.4, 0.5) is 0 Å². The second-order valence-corrected chi connectivity index (χ2v) is 4.95. The number of hydrogen-bond donors (Lipinski definition) is 1. The van der Waals surface area contributed by atoms with Crippen molar-refractivity contribution in [3.05, 3.63) is 35.9 Å². The minimum Gasteiger partial charge on any atom is -0.342 e. The van der Waals surface area contributed by atoms with Crippen molar-refractivity contribution in [2.24, 2.45) is 0 Å². The zero-order chi connectivity index (χ0) is 14.3. The van der Waals surface area contributed by atoms with Crippen molar-refractivity contribution in [2.75, 3.05) is 19.6 Å². The number of nitrogens with zero attached hydrogens (tertiary/aromatic N) is 1. The first-order valence-corrected chi connectivity index (χ1v) is 7.17. The van der Waals surface area contributed by atoms with E-state index in [4.69, 9.17) is 0 Å². The molecule has 3 heteroatoms. The van der Waals surface area contributed by atoms with Gasteiger partial charge in [-0.2, -0.15) is 0 Å². The summed E-state index contributed by atoms with van der Waals surface area (Å²) in [7, 11) is 0. The Hall–Kier alpha value is -1.35. The van der Waals surface area contributed by atoms with E-state index in [1.807, 2.05) is 31.7 Å². The largest absolute Gasteiger partial charge is 0.342 e. The zero-order valence-electron chi connectivity index (χ0n) is 12.5. The van der Waals surface area contributed by atoms with Crippen LogP contribution in [0.1, 0.15) is 39.2 Å². The van der Waals surface area contributed by atoms with Gasteiger partial charge in [0.25, 0.3) is 0 Å². The van der Waals surface area contributed by atoms with Crippen LogP contribution in [0.15, 0.2) is 30.3 Å². The molecule has 0 aliphatic rings. The molecule has 0 saturated carbocycles. The Morgan fingerprint density at radius 2 is 1.74 bits per heavy atom. The molecule has 1 aromatic rings. The molecular formula is C16H26N2O. The molecule has 0 bridgehead atoms. The highest BCUT2D eigenvalue weighted by Gasteiger charge is 2.18. The molecule has 0 fully saturated rings. The lowest BCUT2D eigenvalue weighted by Crippen LogP contribution is -2.45. The monoisotopic (exact) mass is 262 g/mol. The maximum Gasteiger partial charge on any atom is 0.239 e. The molecular weight excluding hydrogens is 236 g/mol. The first kappa shape index (κ1) is 15.7. The van der Waals surface area contributed by atoms with Gasteiger partial charge in [0.2, 0.25) is 5.91 Å². The van der Waals surface area contributed by atoms with E-state index in [1.165, 1.54) is 5.56 Å². The molecule has 1 N–H and O–H groups in total. The Balaban J connectivity index is 2.46. The van der Waals surface area contributed by atoms with Gasteiger partial charge in [0.05, 0.1) is 6.04 Å². The number of nitrogens with one attached hydrogen (secondary N) is 1. The van der Waals surface area contributed by atoms with E-state index in [0.717, 1.165) is 19.6 Å². The normalized spacial score (nSPS) is 13.9. The van der Waals surface area contributed by atoms with Crippen molar-refractivity contribution in [1.82, 2.24) is 10.2 Å². The third kappa shape index (κ3) is 4.67. The summed E-state index contributed by atoms with van der Waals surface area (Å²) in [5.74, 6) is 0.596. The zero-order valence-corrected chi connectivity index (χ0v) is 12.5. The van der Waals surface area contributed by atoms with Crippen molar-refractivity contribution in [2.45, 2.75) is 39.7 Å². The van der Waals surface area contributed by atoms with Crippen LogP contribution in [0.2, 0.25) is 0 Å². The second kappa shape index (κ2) is 7.95. The summed E-state index contributed by atoms with van der Waals surface area (Å²) in [6, 6.07) is 10.3. The topological polar surface area (TPSA) is 32.3 Å². The van der Waals surface area contributed by atoms with Crippen LogP contribution in [0.3, 0.4) is 0 Å². The molecule has 1 rings (SSSR count). The van der Waals surface area contributed by atoms with Crippen molar-refractivity contribution < 1.29 is 4.79 Å². The molecule has 0 aliphatic heterocycles. The molecule has 0 radical (unpaired) electrons. The third-order valence-corrected chi connectivity index (χ3v) is 3.54. The number of amides is 1. The van der Waals surface area contributed by atoms with Crippen molar-refractivity contribution >= 4 is 5.91 Å². The lowest BCUT2D eigenvalue weighted by Gasteiger charge is -2.24. The van der Waals surface area contributed by atoms with Crippen LogP contribution in [-0.2, 0) is 4.79 Å². The average molecular weight is 262 g/mol. The van der Waals surface area contributed by atoms with Gasteiger partial charge in [0.15, 0.2) is 0 Å². The van der Waals surface area contributed by atoms with Crippen LogP contribution in [0.25, 0.3) is 0 Å². The van der Waals surface area contributed by atoms with E-state index in [-0.39, 0.29) is 11.9 Å². The average Bonchev–Trinajstić information content (AvgIpc) is 2.46. The van der Waals surface area contributed by atoms with Gasteiger partial charge in [-0.25, -0.2) is 0 Å². The number of likely N-dealkylation sites (N-methyl/N-ethyl adjacent to an activating group) is 1. The predicted molar refractivity (Wildman–Crippen MR) is 80.2 cm³/mol. The highest BCUT2D eigenvalue weighted by atomic mass is 16.2. The summed E-state index contributed by atoms with van der Waals surface area (Å²) in [6.07, 6.45) is 0. The molecule has 1 amide bonds. The predicted octanol–water partition coefficient (Wildman–Crippen LogP) is 2.64. The Morgan fingerprint density at radius 1 is 1.16 bits per heavy atom. The molecule has 0 saturated heterocycles. The molecule has 0 spiro atoms. The lowest BCUT2D eigenvalue weighted by atomic mass is 10.0. The van der Waals surface area contributed by atoms with Crippen molar-refractivity contribution in [3.8, 4) is 0 Å². The summed E-state index contributed by atoms with van der Waals surface area (Å²) < 4.78 is 0. The summed E-state index contributed by atoms with van der Waals surface area (Å²) in [5.41, 5.74) is 1.30. The molecule has 3 nitrogen and oxygen atoms in total. The number of carbonyl (C=O) groups is 1.